The number of ketones is 2. The van der Waals surface area contributed by atoms with E-state index in [0.717, 1.165) is 6.92 Å². The number of fused-ring (bicyclic) bond motifs is 1. The fourth-order valence-corrected chi connectivity index (χ4v) is 2.97. The number of allylic oxidation sites excluding steroid dienone is 1. The van der Waals surface area contributed by atoms with Gasteiger partial charge in [0.1, 0.15) is 23.7 Å². The number of aromatic hydroxyl groups is 1. The van der Waals surface area contributed by atoms with Crippen molar-refractivity contribution in [2.45, 2.75) is 32.2 Å². The van der Waals surface area contributed by atoms with E-state index in [1.807, 2.05) is 0 Å². The maximum absolute atomic E-state index is 12.9. The summed E-state index contributed by atoms with van der Waals surface area (Å²) in [6.07, 6.45) is -3.57. The number of aliphatic hydroxyl groups excluding tert-OH is 1. The van der Waals surface area contributed by atoms with Gasteiger partial charge in [-0.1, -0.05) is 0 Å². The molecule has 2 aliphatic rings. The van der Waals surface area contributed by atoms with Gasteiger partial charge in [-0.05, 0) is 13.0 Å². The molecule has 0 radical (unpaired) electrons. The highest BCUT2D eigenvalue weighted by Gasteiger charge is 2.48. The summed E-state index contributed by atoms with van der Waals surface area (Å²) in [4.78, 5) is 37.0. The van der Waals surface area contributed by atoms with Crippen molar-refractivity contribution in [3.8, 4) is 11.5 Å². The van der Waals surface area contributed by atoms with Crippen LogP contribution in [0.15, 0.2) is 23.5 Å². The molecule has 1 aromatic rings. The van der Waals surface area contributed by atoms with Gasteiger partial charge in [-0.25, -0.2) is 0 Å². The fraction of sp³-hybridized carbons (Fsp3) is 0.353. The molecule has 0 amide bonds. The first-order valence-electron chi connectivity index (χ1n) is 7.52. The molecule has 0 unspecified atom stereocenters. The van der Waals surface area contributed by atoms with E-state index in [1.165, 1.54) is 26.2 Å². The summed E-state index contributed by atoms with van der Waals surface area (Å²) in [6.45, 7) is 2.61. The number of carbonyl (C=O) groups is 3. The Labute approximate surface area is 142 Å². The quantitative estimate of drug-likeness (QED) is 0.751. The number of benzene rings is 1. The van der Waals surface area contributed by atoms with Crippen LogP contribution in [0.25, 0.3) is 0 Å². The lowest BCUT2D eigenvalue weighted by atomic mass is 9.81. The van der Waals surface area contributed by atoms with Gasteiger partial charge in [0.2, 0.25) is 11.6 Å². The third-order valence-electron chi connectivity index (χ3n) is 4.17. The average Bonchev–Trinajstić information content (AvgIpc) is 2.55. The van der Waals surface area contributed by atoms with Crippen molar-refractivity contribution in [1.82, 2.24) is 0 Å². The van der Waals surface area contributed by atoms with Gasteiger partial charge in [0.05, 0.1) is 18.2 Å². The third-order valence-corrected chi connectivity index (χ3v) is 4.17. The van der Waals surface area contributed by atoms with E-state index in [0.29, 0.717) is 0 Å². The molecule has 25 heavy (non-hydrogen) atoms. The monoisotopic (exact) mass is 348 g/mol. The first kappa shape index (κ1) is 17.0. The lowest BCUT2D eigenvalue weighted by Gasteiger charge is -2.37. The van der Waals surface area contributed by atoms with Crippen molar-refractivity contribution in [2.24, 2.45) is 0 Å². The van der Waals surface area contributed by atoms with Crippen molar-refractivity contribution in [2.75, 3.05) is 7.11 Å². The van der Waals surface area contributed by atoms with Crippen LogP contribution in [0.5, 0.6) is 11.5 Å². The van der Waals surface area contributed by atoms with E-state index in [2.05, 4.69) is 0 Å². The molecule has 1 heterocycles. The number of phenols is 1. The van der Waals surface area contributed by atoms with Crippen LogP contribution < -0.4 is 4.74 Å². The minimum absolute atomic E-state index is 0.0780. The maximum Gasteiger partial charge on any atom is 0.303 e. The van der Waals surface area contributed by atoms with Crippen LogP contribution in [0.2, 0.25) is 0 Å². The number of hydrogen-bond donors (Lipinski definition) is 2. The van der Waals surface area contributed by atoms with Crippen molar-refractivity contribution < 1.29 is 38.8 Å². The van der Waals surface area contributed by atoms with E-state index < -0.39 is 41.6 Å². The number of esters is 1. The van der Waals surface area contributed by atoms with Gasteiger partial charge < -0.3 is 24.4 Å². The van der Waals surface area contributed by atoms with E-state index >= 15 is 0 Å². The van der Waals surface area contributed by atoms with E-state index in [9.17, 15) is 24.6 Å². The summed E-state index contributed by atoms with van der Waals surface area (Å²) in [7, 11) is 1.35. The zero-order valence-corrected chi connectivity index (χ0v) is 13.7. The largest absolute Gasteiger partial charge is 0.507 e. The molecule has 2 N–H and O–H groups in total. The van der Waals surface area contributed by atoms with Gasteiger partial charge in [-0.15, -0.1) is 0 Å². The van der Waals surface area contributed by atoms with Crippen LogP contribution in [0.1, 0.15) is 34.6 Å². The number of methoxy groups -OCH3 is 1. The Morgan fingerprint density at radius 1 is 1.24 bits per heavy atom. The minimum Gasteiger partial charge on any atom is -0.507 e. The zero-order valence-electron chi connectivity index (χ0n) is 13.7. The molecular weight excluding hydrogens is 332 g/mol. The third kappa shape index (κ3) is 2.54. The van der Waals surface area contributed by atoms with Crippen molar-refractivity contribution >= 4 is 17.5 Å². The fourth-order valence-electron chi connectivity index (χ4n) is 2.97. The van der Waals surface area contributed by atoms with Gasteiger partial charge in [-0.2, -0.15) is 0 Å². The van der Waals surface area contributed by atoms with E-state index in [1.54, 1.807) is 0 Å². The van der Waals surface area contributed by atoms with E-state index in [4.69, 9.17) is 14.2 Å². The lowest BCUT2D eigenvalue weighted by Crippen LogP contribution is -2.49. The second-order valence-electron chi connectivity index (χ2n) is 5.81. The summed E-state index contributed by atoms with van der Waals surface area (Å²) >= 11 is 0. The molecule has 1 aliphatic carbocycles. The zero-order chi connectivity index (χ0) is 18.5. The molecule has 1 aromatic carbocycles. The Kier molecular flexibility index (Phi) is 4.00. The summed E-state index contributed by atoms with van der Waals surface area (Å²) < 4.78 is 15.5. The topological polar surface area (TPSA) is 119 Å². The van der Waals surface area contributed by atoms with Gasteiger partial charge in [-0.3, -0.25) is 14.4 Å². The van der Waals surface area contributed by atoms with Gasteiger partial charge in [0, 0.05) is 18.6 Å². The van der Waals surface area contributed by atoms with Crippen LogP contribution >= 0.6 is 0 Å². The number of phenolic OH excluding ortho intramolecular Hbond substituents is 1. The first-order valence-corrected chi connectivity index (χ1v) is 7.52. The van der Waals surface area contributed by atoms with Crippen LogP contribution in [-0.4, -0.2) is 53.2 Å². The predicted molar refractivity (Wildman–Crippen MR) is 82.5 cm³/mol. The highest BCUT2D eigenvalue weighted by Crippen LogP contribution is 2.40. The molecule has 0 bridgehead atoms. The Morgan fingerprint density at radius 3 is 2.52 bits per heavy atom. The van der Waals surface area contributed by atoms with Gasteiger partial charge in [0.15, 0.2) is 11.9 Å². The Bertz CT molecular complexity index is 822. The maximum atomic E-state index is 12.9. The smallest absolute Gasteiger partial charge is 0.303 e. The number of Topliss-reactive ketones (excluding diaryl/α,β-unsaturated/α-hetero) is 2. The number of hydrogen-bond acceptors (Lipinski definition) is 8. The highest BCUT2D eigenvalue weighted by atomic mass is 16.6. The minimum atomic E-state index is -1.36. The molecule has 8 nitrogen and oxygen atoms in total. The normalized spacial score (nSPS) is 25.0. The van der Waals surface area contributed by atoms with Crippen molar-refractivity contribution in [1.29, 1.82) is 0 Å². The standard InChI is InChI=1S/C17H16O8/c1-6-13(20)16(25-7(2)18)12-15(22)11-9(14(21)17(12)24-6)4-8(23-3)5-10(11)19/h4-6,13,16,19-20H,1-3H3/t6-,13-,16-/m0/s1. The first-order chi connectivity index (χ1) is 11.8. The Morgan fingerprint density at radius 2 is 1.92 bits per heavy atom. The van der Waals surface area contributed by atoms with Crippen LogP contribution in [-0.2, 0) is 14.3 Å². The van der Waals surface area contributed by atoms with Crippen LogP contribution in [0, 0.1) is 0 Å². The number of rotatable bonds is 2. The molecule has 0 fully saturated rings. The Hall–Kier alpha value is -2.87. The molecule has 3 rings (SSSR count). The lowest BCUT2D eigenvalue weighted by molar-refractivity contribution is -0.156. The van der Waals surface area contributed by atoms with Crippen LogP contribution in [0.4, 0.5) is 0 Å². The molecule has 0 saturated carbocycles. The predicted octanol–water partition coefficient (Wildman–Crippen LogP) is 0.745. The van der Waals surface area contributed by atoms with Gasteiger partial charge in [0.25, 0.3) is 0 Å². The number of carbonyl (C=O) groups excluding carboxylic acids is 3. The van der Waals surface area contributed by atoms with Crippen molar-refractivity contribution in [3.63, 3.8) is 0 Å². The van der Waals surface area contributed by atoms with E-state index in [-0.39, 0.29) is 28.2 Å². The molecule has 3 atom stereocenters. The van der Waals surface area contributed by atoms with Crippen molar-refractivity contribution in [3.05, 3.63) is 34.6 Å². The summed E-state index contributed by atoms with van der Waals surface area (Å²) in [5, 5.41) is 20.4. The molecule has 0 spiro atoms. The molecule has 132 valence electrons. The SMILES string of the molecule is COc1cc(O)c2c(c1)C(=O)C1=C(C2=O)[C@H](OC(C)=O)[C@@H](O)[C@H](C)O1. The Balaban J connectivity index is 2.21. The molecule has 8 heteroatoms. The molecule has 1 aliphatic heterocycles. The number of aliphatic hydroxyl groups is 1. The van der Waals surface area contributed by atoms with Gasteiger partial charge >= 0.3 is 5.97 Å². The second-order valence-corrected chi connectivity index (χ2v) is 5.81. The summed E-state index contributed by atoms with van der Waals surface area (Å²) in [6, 6.07) is 2.51. The summed E-state index contributed by atoms with van der Waals surface area (Å²) in [5.41, 5.74) is -0.600. The molecule has 0 saturated heterocycles. The molecule has 0 aromatic heterocycles. The molecular formula is C17H16O8. The van der Waals surface area contributed by atoms with Crippen LogP contribution in [0.3, 0.4) is 0 Å². The highest BCUT2D eigenvalue weighted by molar-refractivity contribution is 6.28. The number of ether oxygens (including phenoxy) is 3. The second kappa shape index (κ2) is 5.89. The average molecular weight is 348 g/mol. The summed E-state index contributed by atoms with van der Waals surface area (Å²) in [5.74, 6) is -2.68.